The Bertz CT molecular complexity index is 640. The minimum atomic E-state index is -1.76. The summed E-state index contributed by atoms with van der Waals surface area (Å²) in [5.74, 6) is 0.382. The van der Waals surface area contributed by atoms with Crippen LogP contribution in [-0.4, -0.2) is 28.7 Å². The summed E-state index contributed by atoms with van der Waals surface area (Å²) in [6.45, 7) is 17.4. The van der Waals surface area contributed by atoms with Gasteiger partial charge in [0.05, 0.1) is 11.7 Å². The summed E-state index contributed by atoms with van der Waals surface area (Å²) in [5.41, 5.74) is 0.942. The highest BCUT2D eigenvalue weighted by Gasteiger charge is 2.46. The first-order valence-electron chi connectivity index (χ1n) is 9.69. The Hall–Kier alpha value is 0.0769. The van der Waals surface area contributed by atoms with Crippen LogP contribution in [0, 0.1) is 5.92 Å². The van der Waals surface area contributed by atoms with Gasteiger partial charge in [-0.25, -0.2) is 4.98 Å². The molecular formula is C20H35BrN2O2SSi. The quantitative estimate of drug-likeness (QED) is 0.324. The average Bonchev–Trinajstić information content (AvgIpc) is 2.46. The maximum atomic E-state index is 12.8. The summed E-state index contributed by atoms with van der Waals surface area (Å²) in [5, 5.41) is 0.218. The SMILES string of the molecule is CC(C)(C)[S+]([O-])NC(c1cccc(Br)n1)C1CC(O[Si](C)(C)C(C)(C)C)C1. The van der Waals surface area contributed by atoms with Gasteiger partial charge >= 0.3 is 0 Å². The van der Waals surface area contributed by atoms with Gasteiger partial charge in [0.15, 0.2) is 8.32 Å². The fraction of sp³-hybridized carbons (Fsp3) is 0.750. The molecule has 1 heterocycles. The minimum absolute atomic E-state index is 0.0261. The van der Waals surface area contributed by atoms with Crippen molar-refractivity contribution < 1.29 is 8.98 Å². The molecule has 1 aliphatic carbocycles. The van der Waals surface area contributed by atoms with Gasteiger partial charge in [-0.15, -0.1) is 4.72 Å². The summed E-state index contributed by atoms with van der Waals surface area (Å²) in [4.78, 5) is 4.64. The largest absolute Gasteiger partial charge is 0.598 e. The Kier molecular flexibility index (Phi) is 7.30. The Morgan fingerprint density at radius 2 is 1.81 bits per heavy atom. The molecule has 0 aliphatic heterocycles. The number of hydrogen-bond donors (Lipinski definition) is 1. The lowest BCUT2D eigenvalue weighted by Gasteiger charge is -2.46. The molecular weight excluding hydrogens is 440 g/mol. The Morgan fingerprint density at radius 1 is 1.22 bits per heavy atom. The van der Waals surface area contributed by atoms with E-state index in [1.807, 2.05) is 39.0 Å². The molecule has 2 rings (SSSR count). The van der Waals surface area contributed by atoms with E-state index in [1.165, 1.54) is 0 Å². The predicted molar refractivity (Wildman–Crippen MR) is 121 cm³/mol. The van der Waals surface area contributed by atoms with Gasteiger partial charge in [0, 0.05) is 17.5 Å². The number of nitrogens with one attached hydrogen (secondary N) is 1. The van der Waals surface area contributed by atoms with Crippen molar-refractivity contribution in [1.82, 2.24) is 9.71 Å². The molecule has 0 aromatic carbocycles. The van der Waals surface area contributed by atoms with Crippen molar-refractivity contribution in [3.05, 3.63) is 28.5 Å². The molecule has 1 N–H and O–H groups in total. The van der Waals surface area contributed by atoms with Gasteiger partial charge in [-0.05, 0) is 85.7 Å². The summed E-state index contributed by atoms with van der Waals surface area (Å²) < 4.78 is 23.2. The van der Waals surface area contributed by atoms with E-state index in [4.69, 9.17) is 4.43 Å². The molecule has 0 radical (unpaired) electrons. The van der Waals surface area contributed by atoms with Crippen LogP contribution >= 0.6 is 15.9 Å². The standard InChI is InChI=1S/C20H35BrN2O2SSi/c1-19(2,3)26(24)23-18(16-10-9-11-17(21)22-16)14-12-15(13-14)25-27(7,8)20(4,5)6/h9-11,14-15,18,23H,12-13H2,1-8H3. The van der Waals surface area contributed by atoms with Crippen LogP contribution in [-0.2, 0) is 15.8 Å². The molecule has 0 amide bonds. The zero-order valence-corrected chi connectivity index (χ0v) is 21.3. The van der Waals surface area contributed by atoms with Crippen LogP contribution < -0.4 is 4.72 Å². The van der Waals surface area contributed by atoms with Crippen molar-refractivity contribution in [2.75, 3.05) is 0 Å². The van der Waals surface area contributed by atoms with Crippen molar-refractivity contribution in [3.8, 4) is 0 Å². The number of hydrogen-bond acceptors (Lipinski definition) is 4. The van der Waals surface area contributed by atoms with Gasteiger partial charge in [0.2, 0.25) is 0 Å². The summed E-state index contributed by atoms with van der Waals surface area (Å²) in [6, 6.07) is 5.90. The third kappa shape index (κ3) is 6.03. The first-order chi connectivity index (χ1) is 12.2. The van der Waals surface area contributed by atoms with Crippen LogP contribution in [0.1, 0.15) is 66.1 Å². The number of nitrogens with zero attached hydrogens (tertiary/aromatic N) is 1. The molecule has 1 saturated carbocycles. The first kappa shape index (κ1) is 23.4. The molecule has 2 atom stereocenters. The van der Waals surface area contributed by atoms with Crippen LogP contribution in [0.4, 0.5) is 0 Å². The third-order valence-electron chi connectivity index (χ3n) is 5.72. The smallest absolute Gasteiger partial charge is 0.192 e. The lowest BCUT2D eigenvalue weighted by Crippen LogP contribution is -2.51. The van der Waals surface area contributed by atoms with Gasteiger partial charge in [-0.3, -0.25) is 0 Å². The highest BCUT2D eigenvalue weighted by atomic mass is 79.9. The molecule has 2 unspecified atom stereocenters. The molecule has 1 aromatic rings. The Balaban J connectivity index is 2.10. The van der Waals surface area contributed by atoms with Gasteiger partial charge in [-0.2, -0.15) is 0 Å². The topological polar surface area (TPSA) is 57.2 Å². The molecule has 154 valence electrons. The Morgan fingerprint density at radius 3 is 2.30 bits per heavy atom. The summed E-state index contributed by atoms with van der Waals surface area (Å²) >= 11 is 2.32. The zero-order chi connectivity index (χ0) is 20.6. The van der Waals surface area contributed by atoms with E-state index in [2.05, 4.69) is 59.5 Å². The van der Waals surface area contributed by atoms with Crippen molar-refractivity contribution in [2.45, 2.75) is 89.4 Å². The summed E-state index contributed by atoms with van der Waals surface area (Å²) in [6.07, 6.45) is 2.27. The van der Waals surface area contributed by atoms with Crippen molar-refractivity contribution in [2.24, 2.45) is 5.92 Å². The fourth-order valence-corrected chi connectivity index (χ4v) is 5.49. The molecule has 1 aromatic heterocycles. The van der Waals surface area contributed by atoms with Crippen LogP contribution in [0.15, 0.2) is 22.8 Å². The van der Waals surface area contributed by atoms with E-state index in [9.17, 15) is 4.55 Å². The second kappa shape index (κ2) is 8.44. The average molecular weight is 476 g/mol. The van der Waals surface area contributed by atoms with Crippen LogP contribution in [0.3, 0.4) is 0 Å². The van der Waals surface area contributed by atoms with E-state index in [0.29, 0.717) is 12.0 Å². The highest BCUT2D eigenvalue weighted by molar-refractivity contribution is 9.10. The van der Waals surface area contributed by atoms with Crippen molar-refractivity contribution in [3.63, 3.8) is 0 Å². The van der Waals surface area contributed by atoms with E-state index in [1.54, 1.807) is 0 Å². The maximum absolute atomic E-state index is 12.8. The lowest BCUT2D eigenvalue weighted by molar-refractivity contribution is 0.0365. The van der Waals surface area contributed by atoms with Gasteiger partial charge < -0.3 is 8.98 Å². The molecule has 1 aliphatic rings. The number of rotatable bonds is 6. The molecule has 0 saturated heterocycles. The van der Waals surface area contributed by atoms with Gasteiger partial charge in [-0.1, -0.05) is 26.8 Å². The van der Waals surface area contributed by atoms with Crippen LogP contribution in [0.25, 0.3) is 0 Å². The Labute approximate surface area is 177 Å². The third-order valence-corrected chi connectivity index (χ3v) is 12.3. The molecule has 0 spiro atoms. The van der Waals surface area contributed by atoms with Crippen LogP contribution in [0.2, 0.25) is 18.1 Å². The van der Waals surface area contributed by atoms with Crippen LogP contribution in [0.5, 0.6) is 0 Å². The highest BCUT2D eigenvalue weighted by Crippen LogP contribution is 2.45. The first-order valence-corrected chi connectivity index (χ1v) is 14.5. The number of halogens is 1. The maximum Gasteiger partial charge on any atom is 0.192 e. The molecule has 1 fully saturated rings. The number of pyridine rings is 1. The van der Waals surface area contributed by atoms with E-state index >= 15 is 0 Å². The molecule has 4 nitrogen and oxygen atoms in total. The van der Waals surface area contributed by atoms with Gasteiger partial charge in [0.1, 0.15) is 9.35 Å². The fourth-order valence-electron chi connectivity index (χ4n) is 2.86. The second-order valence-electron chi connectivity index (χ2n) is 10.1. The molecule has 27 heavy (non-hydrogen) atoms. The monoisotopic (exact) mass is 474 g/mol. The summed E-state index contributed by atoms with van der Waals surface area (Å²) in [7, 11) is -1.76. The molecule has 0 bridgehead atoms. The van der Waals surface area contributed by atoms with Crippen molar-refractivity contribution in [1.29, 1.82) is 0 Å². The van der Waals surface area contributed by atoms with E-state index in [0.717, 1.165) is 23.1 Å². The minimum Gasteiger partial charge on any atom is -0.598 e. The normalized spacial score (nSPS) is 23.6. The lowest BCUT2D eigenvalue weighted by atomic mass is 9.76. The van der Waals surface area contributed by atoms with Gasteiger partial charge in [0.25, 0.3) is 0 Å². The molecule has 7 heteroatoms. The second-order valence-corrected chi connectivity index (χ2v) is 17.7. The predicted octanol–water partition coefficient (Wildman–Crippen LogP) is 5.74. The zero-order valence-electron chi connectivity index (χ0n) is 17.9. The van der Waals surface area contributed by atoms with E-state index < -0.39 is 19.7 Å². The van der Waals surface area contributed by atoms with E-state index in [-0.39, 0.29) is 15.8 Å². The number of aromatic nitrogens is 1. The van der Waals surface area contributed by atoms with Crippen molar-refractivity contribution >= 4 is 35.6 Å².